The monoisotopic (exact) mass is 512 g/mol. The Morgan fingerprint density at radius 3 is 2.46 bits per heavy atom. The zero-order valence-electron chi connectivity index (χ0n) is 20.8. The molecule has 1 heterocycles. The van der Waals surface area contributed by atoms with Crippen molar-refractivity contribution in [3.63, 3.8) is 0 Å². The molecule has 188 valence electrons. The van der Waals surface area contributed by atoms with E-state index in [0.717, 1.165) is 27.6 Å². The standard InChI is InChI=1S/C31H29ClN2O3/c1-3-34-26-10-6-7-19(2)27(26)30(36)28(31(34)37)29(35)25(17-20-11-14-23(32)15-12-20)33-24-16-13-21-8-4-5-9-22(21)18-24/h4-16,18,25,30,33,36-37H,3,17H2,1-2H3. The number of hydrogen-bond donors (Lipinski definition) is 3. The first-order valence-electron chi connectivity index (χ1n) is 12.4. The quantitative estimate of drug-likeness (QED) is 0.256. The van der Waals surface area contributed by atoms with Gasteiger partial charge < -0.3 is 20.4 Å². The van der Waals surface area contributed by atoms with Crippen molar-refractivity contribution in [2.45, 2.75) is 32.4 Å². The van der Waals surface area contributed by atoms with Gasteiger partial charge in [0.15, 0.2) is 5.78 Å². The number of carbonyl (C=O) groups excluding carboxylic acids is 1. The Morgan fingerprint density at radius 2 is 1.73 bits per heavy atom. The van der Waals surface area contributed by atoms with E-state index in [1.165, 1.54) is 0 Å². The normalized spacial score (nSPS) is 16.0. The summed E-state index contributed by atoms with van der Waals surface area (Å²) in [5.41, 5.74) is 3.89. The number of fused-ring (bicyclic) bond motifs is 2. The fraction of sp³-hybridized carbons (Fsp3) is 0.194. The maximum Gasteiger partial charge on any atom is 0.201 e. The summed E-state index contributed by atoms with van der Waals surface area (Å²) in [6.07, 6.45) is -0.892. The number of Topliss-reactive ketones (excluding diaryl/α,β-unsaturated/α-hetero) is 1. The molecule has 0 saturated heterocycles. The Kier molecular flexibility index (Phi) is 6.92. The summed E-state index contributed by atoms with van der Waals surface area (Å²) in [6.45, 7) is 4.26. The molecule has 4 aromatic rings. The lowest BCUT2D eigenvalue weighted by molar-refractivity contribution is -0.117. The number of hydrogen-bond acceptors (Lipinski definition) is 5. The van der Waals surface area contributed by atoms with E-state index in [0.29, 0.717) is 29.2 Å². The highest BCUT2D eigenvalue weighted by Gasteiger charge is 2.38. The minimum Gasteiger partial charge on any atom is -0.494 e. The molecule has 0 radical (unpaired) electrons. The summed E-state index contributed by atoms with van der Waals surface area (Å²) in [6, 6.07) is 26.2. The Labute approximate surface area is 221 Å². The van der Waals surface area contributed by atoms with Crippen LogP contribution in [0.1, 0.15) is 29.7 Å². The molecule has 0 fully saturated rings. The summed E-state index contributed by atoms with van der Waals surface area (Å²) < 4.78 is 0. The smallest absolute Gasteiger partial charge is 0.201 e. The number of halogens is 1. The van der Waals surface area contributed by atoms with E-state index in [-0.39, 0.29) is 17.2 Å². The summed E-state index contributed by atoms with van der Waals surface area (Å²) in [5.74, 6) is -0.569. The van der Waals surface area contributed by atoms with Gasteiger partial charge >= 0.3 is 0 Å². The van der Waals surface area contributed by atoms with Crippen molar-refractivity contribution in [1.82, 2.24) is 0 Å². The molecule has 2 unspecified atom stereocenters. The molecule has 1 aliphatic heterocycles. The summed E-state index contributed by atoms with van der Waals surface area (Å²) in [5, 5.41) is 28.8. The van der Waals surface area contributed by atoms with Crippen LogP contribution in [0.2, 0.25) is 5.02 Å². The Hall–Kier alpha value is -3.80. The number of anilines is 2. The van der Waals surface area contributed by atoms with Crippen molar-refractivity contribution < 1.29 is 15.0 Å². The third kappa shape index (κ3) is 4.80. The van der Waals surface area contributed by atoms with Crippen LogP contribution in [0, 0.1) is 6.92 Å². The van der Waals surface area contributed by atoms with Crippen LogP contribution in [0.5, 0.6) is 0 Å². The van der Waals surface area contributed by atoms with Gasteiger partial charge in [-0.25, -0.2) is 0 Å². The minimum atomic E-state index is -1.24. The van der Waals surface area contributed by atoms with Gasteiger partial charge in [0.1, 0.15) is 6.10 Å². The lowest BCUT2D eigenvalue weighted by atomic mass is 9.86. The molecule has 0 aliphatic carbocycles. The second-order valence-electron chi connectivity index (χ2n) is 9.35. The molecule has 4 aromatic carbocycles. The molecular weight excluding hydrogens is 484 g/mol. The van der Waals surface area contributed by atoms with Crippen LogP contribution in [0.3, 0.4) is 0 Å². The van der Waals surface area contributed by atoms with Gasteiger partial charge in [0.05, 0.1) is 17.3 Å². The number of aliphatic hydroxyl groups is 2. The van der Waals surface area contributed by atoms with Crippen LogP contribution in [0.4, 0.5) is 11.4 Å². The molecule has 0 bridgehead atoms. The lowest BCUT2D eigenvalue weighted by Gasteiger charge is -2.35. The van der Waals surface area contributed by atoms with Crippen molar-refractivity contribution in [3.05, 3.63) is 118 Å². The van der Waals surface area contributed by atoms with Gasteiger partial charge in [-0.2, -0.15) is 0 Å². The molecule has 1 aliphatic rings. The molecule has 5 nitrogen and oxygen atoms in total. The van der Waals surface area contributed by atoms with Gasteiger partial charge in [-0.05, 0) is 66.1 Å². The van der Waals surface area contributed by atoms with E-state index in [1.807, 2.05) is 86.6 Å². The number of carbonyl (C=O) groups is 1. The van der Waals surface area contributed by atoms with E-state index in [1.54, 1.807) is 17.0 Å². The molecule has 2 atom stereocenters. The van der Waals surface area contributed by atoms with Crippen molar-refractivity contribution >= 4 is 39.5 Å². The zero-order valence-corrected chi connectivity index (χ0v) is 21.5. The predicted octanol–water partition coefficient (Wildman–Crippen LogP) is 6.74. The molecule has 0 spiro atoms. The molecule has 37 heavy (non-hydrogen) atoms. The Morgan fingerprint density at radius 1 is 1.00 bits per heavy atom. The second kappa shape index (κ2) is 10.3. The van der Waals surface area contributed by atoms with Crippen molar-refractivity contribution in [2.24, 2.45) is 0 Å². The molecule has 3 N–H and O–H groups in total. The van der Waals surface area contributed by atoms with E-state index >= 15 is 0 Å². The van der Waals surface area contributed by atoms with Crippen LogP contribution in [0.25, 0.3) is 10.8 Å². The van der Waals surface area contributed by atoms with Crippen LogP contribution in [-0.2, 0) is 11.2 Å². The number of nitrogens with one attached hydrogen (secondary N) is 1. The molecule has 0 saturated carbocycles. The summed E-state index contributed by atoms with van der Waals surface area (Å²) in [4.78, 5) is 15.8. The topological polar surface area (TPSA) is 72.8 Å². The van der Waals surface area contributed by atoms with Crippen LogP contribution in [-0.4, -0.2) is 28.6 Å². The van der Waals surface area contributed by atoms with Crippen molar-refractivity contribution in [3.8, 4) is 0 Å². The average molecular weight is 513 g/mol. The first-order chi connectivity index (χ1) is 17.9. The van der Waals surface area contributed by atoms with Crippen molar-refractivity contribution in [2.75, 3.05) is 16.8 Å². The molecule has 6 heteroatoms. The maximum absolute atomic E-state index is 14.1. The number of ketones is 1. The number of aliphatic hydroxyl groups excluding tert-OH is 2. The third-order valence-corrected chi connectivity index (χ3v) is 7.23. The van der Waals surface area contributed by atoms with Gasteiger partial charge in [-0.3, -0.25) is 4.79 Å². The van der Waals surface area contributed by atoms with Crippen molar-refractivity contribution in [1.29, 1.82) is 0 Å². The van der Waals surface area contributed by atoms with Gasteiger partial charge in [0.25, 0.3) is 0 Å². The largest absolute Gasteiger partial charge is 0.494 e. The Balaban J connectivity index is 1.56. The molecule has 5 rings (SSSR count). The lowest BCUT2D eigenvalue weighted by Crippen LogP contribution is -2.39. The first kappa shape index (κ1) is 24.9. The Bertz CT molecular complexity index is 1500. The van der Waals surface area contributed by atoms with E-state index in [4.69, 9.17) is 11.6 Å². The summed E-state index contributed by atoms with van der Waals surface area (Å²) in [7, 11) is 0. The molecule has 0 amide bonds. The van der Waals surface area contributed by atoms with E-state index < -0.39 is 12.1 Å². The number of aryl methyl sites for hydroxylation is 1. The van der Waals surface area contributed by atoms with Gasteiger partial charge in [0, 0.05) is 29.2 Å². The van der Waals surface area contributed by atoms with Crippen LogP contribution in [0.15, 0.2) is 96.4 Å². The fourth-order valence-electron chi connectivity index (χ4n) is 5.08. The molecular formula is C31H29ClN2O3. The average Bonchev–Trinajstić information content (AvgIpc) is 2.89. The van der Waals surface area contributed by atoms with Crippen LogP contribution < -0.4 is 10.2 Å². The van der Waals surface area contributed by atoms with E-state index in [2.05, 4.69) is 5.32 Å². The zero-order chi connectivity index (χ0) is 26.1. The second-order valence-corrected chi connectivity index (χ2v) is 9.78. The summed E-state index contributed by atoms with van der Waals surface area (Å²) >= 11 is 6.09. The fourth-order valence-corrected chi connectivity index (χ4v) is 5.21. The van der Waals surface area contributed by atoms with Gasteiger partial charge in [0.2, 0.25) is 5.88 Å². The number of nitrogens with zero attached hydrogens (tertiary/aromatic N) is 1. The molecule has 0 aromatic heterocycles. The van der Waals surface area contributed by atoms with Gasteiger partial charge in [-0.1, -0.05) is 66.2 Å². The highest BCUT2D eigenvalue weighted by atomic mass is 35.5. The number of rotatable bonds is 7. The van der Waals surface area contributed by atoms with E-state index in [9.17, 15) is 15.0 Å². The first-order valence-corrected chi connectivity index (χ1v) is 12.8. The number of benzene rings is 4. The van der Waals surface area contributed by atoms with Gasteiger partial charge in [-0.15, -0.1) is 0 Å². The maximum atomic E-state index is 14.1. The highest BCUT2D eigenvalue weighted by Crippen LogP contribution is 2.41. The predicted molar refractivity (Wildman–Crippen MR) is 150 cm³/mol. The SMILES string of the molecule is CCN1C(O)=C(C(=O)C(Cc2ccc(Cl)cc2)Nc2ccc3ccccc3c2)C(O)c2c(C)cccc21. The highest BCUT2D eigenvalue weighted by molar-refractivity contribution is 6.30. The van der Waals surface area contributed by atoms with Crippen LogP contribution >= 0.6 is 11.6 Å². The minimum absolute atomic E-state index is 0.00379. The third-order valence-electron chi connectivity index (χ3n) is 6.98.